The van der Waals surface area contributed by atoms with E-state index in [1.54, 1.807) is 7.11 Å². The van der Waals surface area contributed by atoms with Crippen molar-refractivity contribution in [1.82, 2.24) is 9.38 Å². The van der Waals surface area contributed by atoms with E-state index in [4.69, 9.17) is 10.5 Å². The zero-order valence-corrected chi connectivity index (χ0v) is 11.4. The molecule has 0 fully saturated rings. The highest BCUT2D eigenvalue weighted by atomic mass is 16.5. The predicted molar refractivity (Wildman–Crippen MR) is 80.0 cm³/mol. The minimum atomic E-state index is 0.744. The quantitative estimate of drug-likeness (QED) is 0.790. The Bertz CT molecular complexity index is 733. The average Bonchev–Trinajstić information content (AvgIpc) is 2.87. The Balaban J connectivity index is 1.85. The third-order valence-corrected chi connectivity index (χ3v) is 3.44. The number of aromatic nitrogens is 2. The first-order valence-electron chi connectivity index (χ1n) is 6.61. The predicted octanol–water partition coefficient (Wildman–Crippen LogP) is 2.71. The summed E-state index contributed by atoms with van der Waals surface area (Å²) in [7, 11) is 1.70. The minimum Gasteiger partial charge on any atom is -0.496 e. The molecular weight excluding hydrogens is 250 g/mol. The van der Waals surface area contributed by atoms with Gasteiger partial charge in [0.25, 0.3) is 0 Å². The van der Waals surface area contributed by atoms with Gasteiger partial charge in [-0.25, -0.2) is 4.98 Å². The van der Waals surface area contributed by atoms with Gasteiger partial charge < -0.3 is 14.9 Å². The standard InChI is InChI=1S/C16H17N3O/c1-20-15-5-3-2-4-12(15)6-9-16-18-10-14-8-7-13(17)11-19(14)16/h2-5,7-8,10-11H,6,9,17H2,1H3. The normalized spacial score (nSPS) is 10.8. The van der Waals surface area contributed by atoms with Crippen molar-refractivity contribution in [3.8, 4) is 5.75 Å². The number of ether oxygens (including phenoxy) is 1. The van der Waals surface area contributed by atoms with Gasteiger partial charge in [-0.3, -0.25) is 0 Å². The number of para-hydroxylation sites is 1. The number of nitrogens with two attached hydrogens (primary N) is 1. The highest BCUT2D eigenvalue weighted by molar-refractivity contribution is 5.52. The van der Waals surface area contributed by atoms with Crippen LogP contribution in [0.25, 0.3) is 5.52 Å². The smallest absolute Gasteiger partial charge is 0.122 e. The Labute approximate surface area is 117 Å². The van der Waals surface area contributed by atoms with Gasteiger partial charge in [0.15, 0.2) is 0 Å². The first-order valence-corrected chi connectivity index (χ1v) is 6.61. The van der Waals surface area contributed by atoms with Crippen molar-refractivity contribution >= 4 is 11.2 Å². The number of fused-ring (bicyclic) bond motifs is 1. The number of methoxy groups -OCH3 is 1. The van der Waals surface area contributed by atoms with E-state index >= 15 is 0 Å². The highest BCUT2D eigenvalue weighted by Gasteiger charge is 2.07. The lowest BCUT2D eigenvalue weighted by Crippen LogP contribution is -2.00. The zero-order valence-electron chi connectivity index (χ0n) is 11.4. The molecule has 3 aromatic rings. The maximum absolute atomic E-state index is 5.84. The number of aryl methyl sites for hydroxylation is 2. The van der Waals surface area contributed by atoms with Gasteiger partial charge in [0, 0.05) is 18.3 Å². The second-order valence-corrected chi connectivity index (χ2v) is 4.74. The summed E-state index contributed by atoms with van der Waals surface area (Å²) >= 11 is 0. The summed E-state index contributed by atoms with van der Waals surface area (Å²) < 4.78 is 7.42. The third kappa shape index (κ3) is 2.32. The van der Waals surface area contributed by atoms with Crippen molar-refractivity contribution in [3.05, 3.63) is 60.2 Å². The fraction of sp³-hybridized carbons (Fsp3) is 0.188. The van der Waals surface area contributed by atoms with Gasteiger partial charge in [0.2, 0.25) is 0 Å². The number of imidazole rings is 1. The van der Waals surface area contributed by atoms with Gasteiger partial charge in [-0.1, -0.05) is 18.2 Å². The number of rotatable bonds is 4. The van der Waals surface area contributed by atoms with E-state index in [9.17, 15) is 0 Å². The lowest BCUT2D eigenvalue weighted by Gasteiger charge is -2.07. The molecule has 0 aliphatic heterocycles. The number of pyridine rings is 1. The van der Waals surface area contributed by atoms with Crippen LogP contribution in [0.5, 0.6) is 5.75 Å². The first kappa shape index (κ1) is 12.5. The van der Waals surface area contributed by atoms with Gasteiger partial charge >= 0.3 is 0 Å². The monoisotopic (exact) mass is 267 g/mol. The summed E-state index contributed by atoms with van der Waals surface area (Å²) in [6.45, 7) is 0. The van der Waals surface area contributed by atoms with E-state index in [-0.39, 0.29) is 0 Å². The lowest BCUT2D eigenvalue weighted by molar-refractivity contribution is 0.409. The Hall–Kier alpha value is -2.49. The Morgan fingerprint density at radius 1 is 1.15 bits per heavy atom. The molecule has 1 aromatic carbocycles. The van der Waals surface area contributed by atoms with Crippen molar-refractivity contribution in [3.63, 3.8) is 0 Å². The van der Waals surface area contributed by atoms with E-state index < -0.39 is 0 Å². The molecule has 0 aliphatic rings. The molecule has 3 rings (SSSR count). The average molecular weight is 267 g/mol. The van der Waals surface area contributed by atoms with Crippen LogP contribution in [0, 0.1) is 0 Å². The zero-order chi connectivity index (χ0) is 13.9. The molecule has 0 atom stereocenters. The Morgan fingerprint density at radius 3 is 2.85 bits per heavy atom. The van der Waals surface area contributed by atoms with Crippen LogP contribution in [-0.2, 0) is 12.8 Å². The summed E-state index contributed by atoms with van der Waals surface area (Å²) in [4.78, 5) is 4.47. The molecule has 0 unspecified atom stereocenters. The van der Waals surface area contributed by atoms with Crippen LogP contribution >= 0.6 is 0 Å². The number of anilines is 1. The lowest BCUT2D eigenvalue weighted by atomic mass is 10.1. The van der Waals surface area contributed by atoms with E-state index in [0.717, 1.165) is 35.6 Å². The van der Waals surface area contributed by atoms with Crippen LogP contribution in [0.15, 0.2) is 48.8 Å². The number of hydrogen-bond acceptors (Lipinski definition) is 3. The molecule has 4 nitrogen and oxygen atoms in total. The van der Waals surface area contributed by atoms with E-state index in [1.807, 2.05) is 47.1 Å². The van der Waals surface area contributed by atoms with E-state index in [2.05, 4.69) is 11.1 Å². The Morgan fingerprint density at radius 2 is 2.00 bits per heavy atom. The summed E-state index contributed by atoms with van der Waals surface area (Å²) in [6.07, 6.45) is 5.52. The molecule has 4 heteroatoms. The second-order valence-electron chi connectivity index (χ2n) is 4.74. The van der Waals surface area contributed by atoms with Crippen LogP contribution in [0.4, 0.5) is 5.69 Å². The highest BCUT2D eigenvalue weighted by Crippen LogP contribution is 2.20. The Kier molecular flexibility index (Phi) is 3.29. The first-order chi connectivity index (χ1) is 9.78. The number of nitrogens with zero attached hydrogens (tertiary/aromatic N) is 2. The summed E-state index contributed by atoms with van der Waals surface area (Å²) in [5.74, 6) is 1.94. The molecular formula is C16H17N3O. The summed E-state index contributed by atoms with van der Waals surface area (Å²) in [6, 6.07) is 11.9. The minimum absolute atomic E-state index is 0.744. The van der Waals surface area contributed by atoms with Crippen LogP contribution in [0.1, 0.15) is 11.4 Å². The molecule has 0 bridgehead atoms. The molecule has 102 valence electrons. The number of hydrogen-bond donors (Lipinski definition) is 1. The van der Waals surface area contributed by atoms with Crippen molar-refractivity contribution in [2.24, 2.45) is 0 Å². The molecule has 2 aromatic heterocycles. The molecule has 0 aliphatic carbocycles. The molecule has 20 heavy (non-hydrogen) atoms. The largest absolute Gasteiger partial charge is 0.496 e. The molecule has 0 amide bonds. The van der Waals surface area contributed by atoms with Gasteiger partial charge in [-0.05, 0) is 30.2 Å². The SMILES string of the molecule is COc1ccccc1CCc1ncc2ccc(N)cn12. The van der Waals surface area contributed by atoms with Gasteiger partial charge in [-0.2, -0.15) is 0 Å². The van der Waals surface area contributed by atoms with Crippen LogP contribution in [0.3, 0.4) is 0 Å². The summed E-state index contributed by atoms with van der Waals surface area (Å²) in [5, 5.41) is 0. The molecule has 0 radical (unpaired) electrons. The molecule has 0 spiro atoms. The van der Waals surface area contributed by atoms with Crippen molar-refractivity contribution < 1.29 is 4.74 Å². The maximum Gasteiger partial charge on any atom is 0.122 e. The fourth-order valence-corrected chi connectivity index (χ4v) is 2.40. The molecule has 2 heterocycles. The van der Waals surface area contributed by atoms with Gasteiger partial charge in [0.05, 0.1) is 18.8 Å². The third-order valence-electron chi connectivity index (χ3n) is 3.44. The van der Waals surface area contributed by atoms with Crippen molar-refractivity contribution in [2.45, 2.75) is 12.8 Å². The van der Waals surface area contributed by atoms with E-state index in [1.165, 1.54) is 5.56 Å². The molecule has 0 saturated carbocycles. The van der Waals surface area contributed by atoms with E-state index in [0.29, 0.717) is 0 Å². The fourth-order valence-electron chi connectivity index (χ4n) is 2.40. The van der Waals surface area contributed by atoms with Crippen molar-refractivity contribution in [2.75, 3.05) is 12.8 Å². The second kappa shape index (κ2) is 5.25. The maximum atomic E-state index is 5.84. The van der Waals surface area contributed by atoms with Crippen LogP contribution in [0.2, 0.25) is 0 Å². The summed E-state index contributed by atoms with van der Waals surface area (Å²) in [5.41, 5.74) is 8.84. The van der Waals surface area contributed by atoms with Gasteiger partial charge in [-0.15, -0.1) is 0 Å². The van der Waals surface area contributed by atoms with Crippen LogP contribution in [-0.4, -0.2) is 16.5 Å². The van der Waals surface area contributed by atoms with Gasteiger partial charge in [0.1, 0.15) is 11.6 Å². The topological polar surface area (TPSA) is 52.5 Å². The number of benzene rings is 1. The van der Waals surface area contributed by atoms with Crippen molar-refractivity contribution in [1.29, 1.82) is 0 Å². The number of nitrogen functional groups attached to an aromatic ring is 1. The molecule has 0 saturated heterocycles. The van der Waals surface area contributed by atoms with Crippen LogP contribution < -0.4 is 10.5 Å². The molecule has 2 N–H and O–H groups in total.